The van der Waals surface area contributed by atoms with Gasteiger partial charge in [0.25, 0.3) is 0 Å². The van der Waals surface area contributed by atoms with Gasteiger partial charge in [-0.3, -0.25) is 0 Å². The summed E-state index contributed by atoms with van der Waals surface area (Å²) in [6.07, 6.45) is 2.74. The van der Waals surface area contributed by atoms with Crippen LogP contribution in [-0.2, 0) is 12.8 Å². The maximum atomic E-state index is 13.1. The molecule has 3 heteroatoms. The normalized spacial score (nSPS) is 21.3. The summed E-state index contributed by atoms with van der Waals surface area (Å²) < 4.78 is 13.7. The Morgan fingerprint density at radius 3 is 2.92 bits per heavy atom. The van der Waals surface area contributed by atoms with E-state index >= 15 is 0 Å². The summed E-state index contributed by atoms with van der Waals surface area (Å²) in [5.41, 5.74) is 8.13. The van der Waals surface area contributed by atoms with Gasteiger partial charge in [0.15, 0.2) is 0 Å². The lowest BCUT2D eigenvalue weighted by Gasteiger charge is -2.21. The van der Waals surface area contributed by atoms with Gasteiger partial charge in [-0.15, -0.1) is 0 Å². The third kappa shape index (κ3) is 1.76. The lowest BCUT2D eigenvalue weighted by Crippen LogP contribution is -2.27. The van der Waals surface area contributed by atoms with E-state index in [4.69, 9.17) is 5.73 Å². The Bertz CT molecular complexity index is 338. The molecule has 1 aliphatic rings. The van der Waals surface area contributed by atoms with Crippen LogP contribution in [0.4, 0.5) is 4.39 Å². The molecule has 0 aromatic heterocycles. The quantitative estimate of drug-likeness (QED) is 0.745. The minimum Gasteiger partial charge on any atom is -0.327 e. The second-order valence-electron chi connectivity index (χ2n) is 3.54. The van der Waals surface area contributed by atoms with E-state index in [9.17, 15) is 4.39 Å². The molecule has 0 fully saturated rings. The highest BCUT2D eigenvalue weighted by Crippen LogP contribution is 2.26. The summed E-state index contributed by atoms with van der Waals surface area (Å²) in [7, 11) is 0. The van der Waals surface area contributed by atoms with Gasteiger partial charge in [-0.05, 0) is 58.5 Å². The van der Waals surface area contributed by atoms with E-state index in [1.54, 1.807) is 6.07 Å². The minimum absolute atomic E-state index is 0.172. The molecule has 1 atom stereocenters. The highest BCUT2D eigenvalue weighted by molar-refractivity contribution is 9.10. The van der Waals surface area contributed by atoms with Crippen molar-refractivity contribution in [3.8, 4) is 0 Å². The highest BCUT2D eigenvalue weighted by atomic mass is 79.9. The van der Waals surface area contributed by atoms with Crippen molar-refractivity contribution < 1.29 is 4.39 Å². The molecule has 0 heterocycles. The van der Waals surface area contributed by atoms with Crippen LogP contribution >= 0.6 is 15.9 Å². The lowest BCUT2D eigenvalue weighted by molar-refractivity contribution is 0.564. The average molecular weight is 244 g/mol. The predicted molar refractivity (Wildman–Crippen MR) is 54.1 cm³/mol. The molecule has 0 saturated carbocycles. The van der Waals surface area contributed by atoms with Crippen molar-refractivity contribution in [2.45, 2.75) is 25.3 Å². The van der Waals surface area contributed by atoms with Gasteiger partial charge in [0.05, 0.1) is 4.47 Å². The Kier molecular flexibility index (Phi) is 2.39. The van der Waals surface area contributed by atoms with Crippen molar-refractivity contribution in [3.05, 3.63) is 33.5 Å². The molecule has 70 valence electrons. The molecule has 1 aliphatic carbocycles. The number of aryl methyl sites for hydroxylation is 1. The number of fused-ring (bicyclic) bond motifs is 1. The summed E-state index contributed by atoms with van der Waals surface area (Å²) in [4.78, 5) is 0. The van der Waals surface area contributed by atoms with Crippen LogP contribution in [0, 0.1) is 5.82 Å². The Balaban J connectivity index is 2.43. The van der Waals surface area contributed by atoms with Gasteiger partial charge in [0, 0.05) is 6.04 Å². The van der Waals surface area contributed by atoms with Crippen molar-refractivity contribution in [2.75, 3.05) is 0 Å². The van der Waals surface area contributed by atoms with E-state index in [-0.39, 0.29) is 11.9 Å². The largest absolute Gasteiger partial charge is 0.327 e. The Hall–Kier alpha value is -0.410. The van der Waals surface area contributed by atoms with E-state index in [1.165, 1.54) is 5.56 Å². The fraction of sp³-hybridized carbons (Fsp3) is 0.400. The standard InChI is InChI=1S/C10H11BrFN/c11-9-4-7-3-8(13)2-1-6(7)5-10(9)12/h4-5,8H,1-3,13H2. The van der Waals surface area contributed by atoms with Gasteiger partial charge in [0.2, 0.25) is 0 Å². The van der Waals surface area contributed by atoms with E-state index < -0.39 is 0 Å². The molecule has 1 nitrogen and oxygen atoms in total. The van der Waals surface area contributed by atoms with Gasteiger partial charge < -0.3 is 5.73 Å². The first kappa shape index (κ1) is 9.16. The molecule has 0 bridgehead atoms. The number of rotatable bonds is 0. The SMILES string of the molecule is NC1CCc2cc(F)c(Br)cc2C1. The van der Waals surface area contributed by atoms with Crippen LogP contribution in [0.1, 0.15) is 17.5 Å². The molecule has 0 radical (unpaired) electrons. The molecule has 2 rings (SSSR count). The molecule has 2 N–H and O–H groups in total. The molecule has 1 unspecified atom stereocenters. The maximum Gasteiger partial charge on any atom is 0.137 e. The van der Waals surface area contributed by atoms with Gasteiger partial charge in [0.1, 0.15) is 5.82 Å². The average Bonchev–Trinajstić information content (AvgIpc) is 2.08. The van der Waals surface area contributed by atoms with E-state index in [0.29, 0.717) is 4.47 Å². The minimum atomic E-state index is -0.172. The van der Waals surface area contributed by atoms with E-state index in [2.05, 4.69) is 15.9 Å². The third-order valence-corrected chi connectivity index (χ3v) is 3.12. The van der Waals surface area contributed by atoms with Crippen LogP contribution in [-0.4, -0.2) is 6.04 Å². The Morgan fingerprint density at radius 2 is 2.15 bits per heavy atom. The van der Waals surface area contributed by atoms with Crippen LogP contribution in [0.5, 0.6) is 0 Å². The zero-order valence-electron chi connectivity index (χ0n) is 7.19. The predicted octanol–water partition coefficient (Wildman–Crippen LogP) is 2.40. The van der Waals surface area contributed by atoms with Gasteiger partial charge in [-0.25, -0.2) is 4.39 Å². The first-order chi connectivity index (χ1) is 6.16. The molecule has 1 aromatic rings. The number of hydrogen-bond donors (Lipinski definition) is 1. The number of nitrogens with two attached hydrogens (primary N) is 1. The zero-order chi connectivity index (χ0) is 9.42. The van der Waals surface area contributed by atoms with Crippen LogP contribution in [0.2, 0.25) is 0 Å². The molecule has 1 aromatic carbocycles. The number of benzene rings is 1. The fourth-order valence-corrected chi connectivity index (χ4v) is 2.17. The first-order valence-electron chi connectivity index (χ1n) is 4.39. The van der Waals surface area contributed by atoms with Crippen molar-refractivity contribution in [1.82, 2.24) is 0 Å². The smallest absolute Gasteiger partial charge is 0.137 e. The molecule has 0 aliphatic heterocycles. The summed E-state index contributed by atoms with van der Waals surface area (Å²) in [6, 6.07) is 3.71. The second kappa shape index (κ2) is 3.39. The molecular formula is C10H11BrFN. The van der Waals surface area contributed by atoms with Gasteiger partial charge >= 0.3 is 0 Å². The van der Waals surface area contributed by atoms with Crippen LogP contribution < -0.4 is 5.73 Å². The Labute approximate surface area is 85.3 Å². The van der Waals surface area contributed by atoms with E-state index in [0.717, 1.165) is 24.8 Å². The van der Waals surface area contributed by atoms with Gasteiger partial charge in [-0.1, -0.05) is 0 Å². The summed E-state index contributed by atoms with van der Waals surface area (Å²) in [5.74, 6) is -0.172. The molecule has 0 saturated heterocycles. The Morgan fingerprint density at radius 1 is 1.38 bits per heavy atom. The van der Waals surface area contributed by atoms with Crippen molar-refractivity contribution in [2.24, 2.45) is 5.73 Å². The zero-order valence-corrected chi connectivity index (χ0v) is 8.77. The maximum absolute atomic E-state index is 13.1. The van der Waals surface area contributed by atoms with Crippen molar-refractivity contribution >= 4 is 15.9 Å². The molecular weight excluding hydrogens is 233 g/mol. The van der Waals surface area contributed by atoms with E-state index in [1.807, 2.05) is 6.07 Å². The van der Waals surface area contributed by atoms with Crippen LogP contribution in [0.25, 0.3) is 0 Å². The lowest BCUT2D eigenvalue weighted by atomic mass is 9.89. The number of hydrogen-bond acceptors (Lipinski definition) is 1. The third-order valence-electron chi connectivity index (χ3n) is 2.51. The topological polar surface area (TPSA) is 26.0 Å². The first-order valence-corrected chi connectivity index (χ1v) is 5.18. The van der Waals surface area contributed by atoms with Gasteiger partial charge in [-0.2, -0.15) is 0 Å². The fourth-order valence-electron chi connectivity index (χ4n) is 1.78. The molecule has 13 heavy (non-hydrogen) atoms. The van der Waals surface area contributed by atoms with Crippen LogP contribution in [0.15, 0.2) is 16.6 Å². The second-order valence-corrected chi connectivity index (χ2v) is 4.39. The van der Waals surface area contributed by atoms with Crippen molar-refractivity contribution in [3.63, 3.8) is 0 Å². The summed E-state index contributed by atoms with van der Waals surface area (Å²) >= 11 is 3.18. The molecule has 0 spiro atoms. The summed E-state index contributed by atoms with van der Waals surface area (Å²) in [6.45, 7) is 0. The monoisotopic (exact) mass is 243 g/mol. The van der Waals surface area contributed by atoms with Crippen molar-refractivity contribution in [1.29, 1.82) is 0 Å². The highest BCUT2D eigenvalue weighted by Gasteiger charge is 2.16. The summed E-state index contributed by atoms with van der Waals surface area (Å²) in [5, 5.41) is 0. The number of halogens is 2. The van der Waals surface area contributed by atoms with Crippen LogP contribution in [0.3, 0.4) is 0 Å². The molecule has 0 amide bonds.